The number of nitrogens with zero attached hydrogens (tertiary/aromatic N) is 5. The first-order valence-electron chi connectivity index (χ1n) is 7.98. The number of amides is 1. The largest absolute Gasteiger partial charge is 0.346 e. The summed E-state index contributed by atoms with van der Waals surface area (Å²) in [6.07, 6.45) is 7.53. The van der Waals surface area contributed by atoms with Crippen LogP contribution < -0.4 is 5.32 Å². The van der Waals surface area contributed by atoms with Crippen LogP contribution in [0.25, 0.3) is 5.82 Å². The van der Waals surface area contributed by atoms with Crippen molar-refractivity contribution in [3.8, 4) is 5.82 Å². The van der Waals surface area contributed by atoms with E-state index in [1.165, 1.54) is 18.5 Å². The smallest absolute Gasteiger partial charge is 0.255 e. The molecule has 1 amide bonds. The van der Waals surface area contributed by atoms with Crippen LogP contribution in [0.5, 0.6) is 0 Å². The summed E-state index contributed by atoms with van der Waals surface area (Å²) in [5.41, 5.74) is 2.61. The van der Waals surface area contributed by atoms with Crippen LogP contribution in [0.2, 0.25) is 0 Å². The molecule has 4 rings (SSSR count). The Morgan fingerprint density at radius 2 is 2.21 bits per heavy atom. The van der Waals surface area contributed by atoms with E-state index in [4.69, 9.17) is 0 Å². The highest BCUT2D eigenvalue weighted by Crippen LogP contribution is 2.39. The molecule has 24 heavy (non-hydrogen) atoms. The third-order valence-corrected chi connectivity index (χ3v) is 4.15. The third-order valence-electron chi connectivity index (χ3n) is 4.15. The zero-order valence-corrected chi connectivity index (χ0v) is 13.4. The Balaban J connectivity index is 1.50. The molecule has 7 nitrogen and oxygen atoms in total. The van der Waals surface area contributed by atoms with E-state index in [1.54, 1.807) is 41.5 Å². The second-order valence-electron chi connectivity index (χ2n) is 5.97. The summed E-state index contributed by atoms with van der Waals surface area (Å²) in [4.78, 5) is 16.8. The number of aromatic nitrogens is 5. The molecule has 0 spiro atoms. The van der Waals surface area contributed by atoms with E-state index in [2.05, 4.69) is 26.6 Å². The van der Waals surface area contributed by atoms with Gasteiger partial charge >= 0.3 is 0 Å². The average molecular weight is 322 g/mol. The van der Waals surface area contributed by atoms with Crippen molar-refractivity contribution < 1.29 is 4.79 Å². The monoisotopic (exact) mass is 322 g/mol. The molecule has 0 unspecified atom stereocenters. The number of carbonyl (C=O) groups is 1. The molecule has 3 aromatic rings. The molecule has 1 aliphatic carbocycles. The lowest BCUT2D eigenvalue weighted by molar-refractivity contribution is 0.0950. The molecule has 0 atom stereocenters. The van der Waals surface area contributed by atoms with Gasteiger partial charge in [0.25, 0.3) is 5.91 Å². The van der Waals surface area contributed by atoms with Crippen molar-refractivity contribution in [3.63, 3.8) is 0 Å². The number of nitrogens with one attached hydrogen (secondary N) is 1. The van der Waals surface area contributed by atoms with Gasteiger partial charge in [0.15, 0.2) is 5.82 Å². The minimum Gasteiger partial charge on any atom is -0.346 e. The number of pyridine rings is 1. The Hall–Kier alpha value is -2.96. The lowest BCUT2D eigenvalue weighted by atomic mass is 10.2. The molecule has 3 heterocycles. The normalized spacial score (nSPS) is 13.9. The SMILES string of the molecule is Cn1nc(CNC(=O)c2cccnc2-n2cccn2)cc1C1CC1. The number of hydrogen-bond acceptors (Lipinski definition) is 4. The quantitative estimate of drug-likeness (QED) is 0.777. The first-order valence-corrected chi connectivity index (χ1v) is 7.98. The minimum absolute atomic E-state index is 0.188. The molecular formula is C17H18N6O. The molecule has 0 saturated heterocycles. The third kappa shape index (κ3) is 2.80. The van der Waals surface area contributed by atoms with Crippen LogP contribution in [0.3, 0.4) is 0 Å². The van der Waals surface area contributed by atoms with E-state index in [0.717, 1.165) is 5.69 Å². The van der Waals surface area contributed by atoms with Crippen molar-refractivity contribution in [1.82, 2.24) is 29.9 Å². The molecular weight excluding hydrogens is 304 g/mol. The number of aryl methyl sites for hydroxylation is 1. The Kier molecular flexibility index (Phi) is 3.60. The van der Waals surface area contributed by atoms with Gasteiger partial charge < -0.3 is 5.32 Å². The van der Waals surface area contributed by atoms with Gasteiger partial charge in [0.1, 0.15) is 0 Å². The summed E-state index contributed by atoms with van der Waals surface area (Å²) < 4.78 is 3.50. The van der Waals surface area contributed by atoms with Gasteiger partial charge in [-0.05, 0) is 37.1 Å². The Morgan fingerprint density at radius 1 is 1.33 bits per heavy atom. The molecule has 0 aromatic carbocycles. The number of carbonyl (C=O) groups excluding carboxylic acids is 1. The highest BCUT2D eigenvalue weighted by molar-refractivity contribution is 5.96. The van der Waals surface area contributed by atoms with Gasteiger partial charge in [0.05, 0.1) is 17.8 Å². The summed E-state index contributed by atoms with van der Waals surface area (Å²) >= 11 is 0. The fourth-order valence-corrected chi connectivity index (χ4v) is 2.81. The molecule has 0 bridgehead atoms. The fourth-order valence-electron chi connectivity index (χ4n) is 2.81. The van der Waals surface area contributed by atoms with Crippen LogP contribution in [0.15, 0.2) is 42.9 Å². The molecule has 0 radical (unpaired) electrons. The molecule has 1 aliphatic rings. The highest BCUT2D eigenvalue weighted by atomic mass is 16.1. The van der Waals surface area contributed by atoms with E-state index in [9.17, 15) is 4.79 Å². The van der Waals surface area contributed by atoms with Crippen LogP contribution in [-0.2, 0) is 13.6 Å². The lowest BCUT2D eigenvalue weighted by Crippen LogP contribution is -2.25. The summed E-state index contributed by atoms with van der Waals surface area (Å²) in [7, 11) is 1.95. The molecule has 122 valence electrons. The Labute approximate surface area is 139 Å². The Bertz CT molecular complexity index is 863. The zero-order valence-electron chi connectivity index (χ0n) is 13.4. The summed E-state index contributed by atoms with van der Waals surface area (Å²) in [6.45, 7) is 0.396. The maximum Gasteiger partial charge on any atom is 0.255 e. The average Bonchev–Trinajstić information content (AvgIpc) is 3.15. The minimum atomic E-state index is -0.188. The van der Waals surface area contributed by atoms with Gasteiger partial charge in [0, 0.05) is 37.3 Å². The topological polar surface area (TPSA) is 77.6 Å². The molecule has 1 N–H and O–H groups in total. The van der Waals surface area contributed by atoms with Gasteiger partial charge in [0.2, 0.25) is 0 Å². The first kappa shape index (κ1) is 14.6. The van der Waals surface area contributed by atoms with Gasteiger partial charge in [-0.15, -0.1) is 0 Å². The first-order chi connectivity index (χ1) is 11.7. The van der Waals surface area contributed by atoms with Crippen molar-refractivity contribution in [2.75, 3.05) is 0 Å². The summed E-state index contributed by atoms with van der Waals surface area (Å²) in [5.74, 6) is 0.962. The van der Waals surface area contributed by atoms with Crippen molar-refractivity contribution >= 4 is 5.91 Å². The second kappa shape index (κ2) is 5.92. The maximum absolute atomic E-state index is 12.5. The molecule has 3 aromatic heterocycles. The zero-order chi connectivity index (χ0) is 16.5. The lowest BCUT2D eigenvalue weighted by Gasteiger charge is -2.08. The highest BCUT2D eigenvalue weighted by Gasteiger charge is 2.27. The number of hydrogen-bond donors (Lipinski definition) is 1. The summed E-state index contributed by atoms with van der Waals surface area (Å²) in [5, 5.41) is 11.5. The number of rotatable bonds is 5. The van der Waals surface area contributed by atoms with Gasteiger partial charge in [-0.3, -0.25) is 9.48 Å². The molecule has 7 heteroatoms. The standard InChI is InChI=1S/C17H18N6O/c1-22-15(12-5-6-12)10-13(21-22)11-19-17(24)14-4-2-7-18-16(14)23-9-3-8-20-23/h2-4,7-10,12H,5-6,11H2,1H3,(H,19,24). The molecule has 1 saturated carbocycles. The van der Waals surface area contributed by atoms with E-state index in [1.807, 2.05) is 11.7 Å². The van der Waals surface area contributed by atoms with Crippen molar-refractivity contribution in [1.29, 1.82) is 0 Å². The fraction of sp³-hybridized carbons (Fsp3) is 0.294. The van der Waals surface area contributed by atoms with Crippen LogP contribution in [0.4, 0.5) is 0 Å². The molecule has 0 aliphatic heterocycles. The summed E-state index contributed by atoms with van der Waals surface area (Å²) in [6, 6.07) is 7.36. The van der Waals surface area contributed by atoms with Crippen LogP contribution in [-0.4, -0.2) is 30.5 Å². The van der Waals surface area contributed by atoms with Crippen LogP contribution in [0.1, 0.15) is 40.5 Å². The van der Waals surface area contributed by atoms with E-state index >= 15 is 0 Å². The van der Waals surface area contributed by atoms with Crippen molar-refractivity contribution in [2.24, 2.45) is 7.05 Å². The predicted octanol–water partition coefficient (Wildman–Crippen LogP) is 1.81. The van der Waals surface area contributed by atoms with Gasteiger partial charge in [-0.2, -0.15) is 10.2 Å². The maximum atomic E-state index is 12.5. The van der Waals surface area contributed by atoms with Crippen LogP contribution >= 0.6 is 0 Å². The van der Waals surface area contributed by atoms with Gasteiger partial charge in [-0.1, -0.05) is 0 Å². The van der Waals surface area contributed by atoms with Crippen molar-refractivity contribution in [3.05, 3.63) is 59.8 Å². The van der Waals surface area contributed by atoms with E-state index in [-0.39, 0.29) is 5.91 Å². The van der Waals surface area contributed by atoms with Crippen molar-refractivity contribution in [2.45, 2.75) is 25.3 Å². The van der Waals surface area contributed by atoms with E-state index < -0.39 is 0 Å². The Morgan fingerprint density at radius 3 is 2.96 bits per heavy atom. The van der Waals surface area contributed by atoms with Gasteiger partial charge in [-0.25, -0.2) is 9.67 Å². The van der Waals surface area contributed by atoms with E-state index in [0.29, 0.717) is 23.8 Å². The predicted molar refractivity (Wildman–Crippen MR) is 87.7 cm³/mol. The van der Waals surface area contributed by atoms with Crippen LogP contribution in [0, 0.1) is 0 Å². The second-order valence-corrected chi connectivity index (χ2v) is 5.97. The molecule has 1 fully saturated rings.